The van der Waals surface area contributed by atoms with Crippen LogP contribution in [0.25, 0.3) is 0 Å². The van der Waals surface area contributed by atoms with Gasteiger partial charge in [-0.15, -0.1) is 0 Å². The summed E-state index contributed by atoms with van der Waals surface area (Å²) in [6.45, 7) is 5.80. The second kappa shape index (κ2) is 3.28. The molecule has 58 valence electrons. The Morgan fingerprint density at radius 2 is 2.27 bits per heavy atom. The van der Waals surface area contributed by atoms with Gasteiger partial charge in [0.2, 0.25) is 0 Å². The molecule has 0 saturated carbocycles. The van der Waals surface area contributed by atoms with Crippen molar-refractivity contribution in [1.82, 2.24) is 0 Å². The Hall–Kier alpha value is -1.18. The van der Waals surface area contributed by atoms with Gasteiger partial charge in [-0.05, 0) is 36.9 Å². The average Bonchev–Trinajstić information content (AvgIpc) is 1.95. The third-order valence-electron chi connectivity index (χ3n) is 1.59. The summed E-state index contributed by atoms with van der Waals surface area (Å²) in [5.41, 5.74) is 1.96. The van der Waals surface area contributed by atoms with Gasteiger partial charge in [0.05, 0.1) is 6.54 Å². The van der Waals surface area contributed by atoms with Crippen molar-refractivity contribution in [3.8, 4) is 0 Å². The lowest BCUT2D eigenvalue weighted by Gasteiger charge is -2.00. The summed E-state index contributed by atoms with van der Waals surface area (Å²) in [7, 11) is 0. The van der Waals surface area contributed by atoms with Crippen molar-refractivity contribution >= 4 is 6.72 Å². The van der Waals surface area contributed by atoms with Gasteiger partial charge in [0.25, 0.3) is 0 Å². The van der Waals surface area contributed by atoms with Gasteiger partial charge < -0.3 is 0 Å². The van der Waals surface area contributed by atoms with Crippen molar-refractivity contribution in [1.29, 1.82) is 0 Å². The quantitative estimate of drug-likeness (QED) is 0.575. The minimum absolute atomic E-state index is 0.199. The van der Waals surface area contributed by atoms with Crippen molar-refractivity contribution < 1.29 is 4.39 Å². The lowest BCUT2D eigenvalue weighted by molar-refractivity contribution is 0.625. The highest BCUT2D eigenvalue weighted by molar-refractivity contribution is 5.29. The number of hydrogen-bond acceptors (Lipinski definition) is 1. The summed E-state index contributed by atoms with van der Waals surface area (Å²) in [5.74, 6) is -0.199. The Kier molecular flexibility index (Phi) is 2.36. The van der Waals surface area contributed by atoms with Gasteiger partial charge in [0.15, 0.2) is 0 Å². The second-order valence-corrected chi connectivity index (χ2v) is 2.45. The molecule has 1 aromatic rings. The monoisotopic (exact) mass is 151 g/mol. The van der Waals surface area contributed by atoms with Crippen molar-refractivity contribution in [2.45, 2.75) is 13.5 Å². The van der Waals surface area contributed by atoms with Crippen LogP contribution in [-0.2, 0) is 6.54 Å². The van der Waals surface area contributed by atoms with E-state index < -0.39 is 0 Å². The van der Waals surface area contributed by atoms with Crippen LogP contribution >= 0.6 is 0 Å². The largest absolute Gasteiger partial charge is 0.296 e. The van der Waals surface area contributed by atoms with Crippen molar-refractivity contribution in [3.63, 3.8) is 0 Å². The molecule has 0 fully saturated rings. The number of hydrogen-bond donors (Lipinski definition) is 0. The summed E-state index contributed by atoms with van der Waals surface area (Å²) in [6, 6.07) is 4.67. The molecule has 0 unspecified atom stereocenters. The Morgan fingerprint density at radius 1 is 1.55 bits per heavy atom. The zero-order chi connectivity index (χ0) is 8.27. The van der Waals surface area contributed by atoms with E-state index in [0.29, 0.717) is 6.54 Å². The number of nitrogens with zero attached hydrogens (tertiary/aromatic N) is 1. The molecule has 0 aliphatic heterocycles. The minimum Gasteiger partial charge on any atom is -0.296 e. The normalized spacial score (nSPS) is 9.64. The zero-order valence-corrected chi connectivity index (χ0v) is 6.47. The van der Waals surface area contributed by atoms with Crippen LogP contribution in [-0.4, -0.2) is 6.72 Å². The van der Waals surface area contributed by atoms with Gasteiger partial charge in [0.1, 0.15) is 5.82 Å². The van der Waals surface area contributed by atoms with Gasteiger partial charge in [-0.25, -0.2) is 4.39 Å². The van der Waals surface area contributed by atoms with E-state index in [1.807, 2.05) is 6.92 Å². The van der Waals surface area contributed by atoms with Crippen LogP contribution in [0.5, 0.6) is 0 Å². The van der Waals surface area contributed by atoms with E-state index in [9.17, 15) is 4.39 Å². The van der Waals surface area contributed by atoms with Gasteiger partial charge >= 0.3 is 0 Å². The Bertz CT molecular complexity index is 268. The molecule has 1 rings (SSSR count). The Labute approximate surface area is 65.6 Å². The zero-order valence-electron chi connectivity index (χ0n) is 6.47. The molecule has 0 atom stereocenters. The molecule has 2 heteroatoms. The summed E-state index contributed by atoms with van der Waals surface area (Å²) >= 11 is 0. The maximum Gasteiger partial charge on any atom is 0.123 e. The molecular weight excluding hydrogens is 141 g/mol. The number of benzene rings is 1. The third-order valence-corrected chi connectivity index (χ3v) is 1.59. The van der Waals surface area contributed by atoms with Gasteiger partial charge in [-0.1, -0.05) is 6.07 Å². The first kappa shape index (κ1) is 7.92. The van der Waals surface area contributed by atoms with Gasteiger partial charge in [-0.2, -0.15) is 0 Å². The van der Waals surface area contributed by atoms with Crippen LogP contribution in [0.3, 0.4) is 0 Å². The van der Waals surface area contributed by atoms with Crippen LogP contribution in [0.15, 0.2) is 23.2 Å². The van der Waals surface area contributed by atoms with Gasteiger partial charge in [-0.3, -0.25) is 4.99 Å². The lowest BCUT2D eigenvalue weighted by atomic mass is 10.1. The van der Waals surface area contributed by atoms with E-state index in [4.69, 9.17) is 0 Å². The summed E-state index contributed by atoms with van der Waals surface area (Å²) in [6.07, 6.45) is 0. The molecule has 0 saturated heterocycles. The highest BCUT2D eigenvalue weighted by atomic mass is 19.1. The first-order valence-corrected chi connectivity index (χ1v) is 3.41. The molecule has 0 N–H and O–H groups in total. The number of halogens is 1. The molecule has 11 heavy (non-hydrogen) atoms. The fraction of sp³-hybridized carbons (Fsp3) is 0.222. The van der Waals surface area contributed by atoms with Crippen LogP contribution in [0.4, 0.5) is 4.39 Å². The van der Waals surface area contributed by atoms with E-state index in [1.54, 1.807) is 6.07 Å². The van der Waals surface area contributed by atoms with Crippen LogP contribution in [0.2, 0.25) is 0 Å². The predicted molar refractivity (Wildman–Crippen MR) is 44.4 cm³/mol. The maximum absolute atomic E-state index is 12.5. The molecule has 0 amide bonds. The standard InChI is InChI=1S/C9H10FN/c1-7-5-9(10)4-3-8(7)6-11-2/h3-5H,2,6H2,1H3. The van der Waals surface area contributed by atoms with E-state index in [1.165, 1.54) is 12.1 Å². The highest BCUT2D eigenvalue weighted by Gasteiger charge is 1.97. The first-order chi connectivity index (χ1) is 5.24. The highest BCUT2D eigenvalue weighted by Crippen LogP contribution is 2.10. The Balaban J connectivity index is 2.98. The molecular formula is C9H10FN. The first-order valence-electron chi connectivity index (χ1n) is 3.41. The fourth-order valence-electron chi connectivity index (χ4n) is 0.957. The fourth-order valence-corrected chi connectivity index (χ4v) is 0.957. The van der Waals surface area contributed by atoms with Gasteiger partial charge in [0, 0.05) is 0 Å². The number of aliphatic imine (C=N–C) groups is 1. The van der Waals surface area contributed by atoms with Crippen LogP contribution < -0.4 is 0 Å². The molecule has 0 spiro atoms. The molecule has 0 aliphatic carbocycles. The number of aryl methyl sites for hydroxylation is 1. The summed E-state index contributed by atoms with van der Waals surface area (Å²) < 4.78 is 12.5. The molecule has 0 aliphatic rings. The van der Waals surface area contributed by atoms with Crippen molar-refractivity contribution in [2.24, 2.45) is 4.99 Å². The van der Waals surface area contributed by atoms with Crippen molar-refractivity contribution in [3.05, 3.63) is 35.1 Å². The molecule has 1 aromatic carbocycles. The van der Waals surface area contributed by atoms with E-state index in [2.05, 4.69) is 11.7 Å². The topological polar surface area (TPSA) is 12.4 Å². The Morgan fingerprint density at radius 3 is 2.82 bits per heavy atom. The minimum atomic E-state index is -0.199. The number of rotatable bonds is 2. The summed E-state index contributed by atoms with van der Waals surface area (Å²) in [5, 5.41) is 0. The lowest BCUT2D eigenvalue weighted by Crippen LogP contribution is -1.87. The average molecular weight is 151 g/mol. The maximum atomic E-state index is 12.5. The molecule has 0 radical (unpaired) electrons. The van der Waals surface area contributed by atoms with Crippen LogP contribution in [0.1, 0.15) is 11.1 Å². The molecule has 0 bridgehead atoms. The summed E-state index contributed by atoms with van der Waals surface area (Å²) in [4.78, 5) is 3.72. The van der Waals surface area contributed by atoms with Crippen LogP contribution in [0, 0.1) is 12.7 Å². The molecule has 1 nitrogen and oxygen atoms in total. The predicted octanol–water partition coefficient (Wildman–Crippen LogP) is 2.33. The second-order valence-electron chi connectivity index (χ2n) is 2.45. The smallest absolute Gasteiger partial charge is 0.123 e. The molecule has 0 heterocycles. The van der Waals surface area contributed by atoms with E-state index in [-0.39, 0.29) is 5.82 Å². The van der Waals surface area contributed by atoms with E-state index >= 15 is 0 Å². The van der Waals surface area contributed by atoms with Crippen molar-refractivity contribution in [2.75, 3.05) is 0 Å². The van der Waals surface area contributed by atoms with E-state index in [0.717, 1.165) is 11.1 Å². The third kappa shape index (κ3) is 1.87. The molecule has 0 aromatic heterocycles. The SMILES string of the molecule is C=NCc1ccc(F)cc1C.